The van der Waals surface area contributed by atoms with Gasteiger partial charge in [0.2, 0.25) is 23.6 Å². The lowest BCUT2D eigenvalue weighted by atomic mass is 9.92. The van der Waals surface area contributed by atoms with Gasteiger partial charge >= 0.3 is 0 Å². The fraction of sp³-hybridized carbons (Fsp3) is 0.227. The van der Waals surface area contributed by atoms with Crippen LogP contribution in [-0.4, -0.2) is 68.6 Å². The van der Waals surface area contributed by atoms with Crippen LogP contribution in [-0.2, 0) is 122 Å². The number of benzene rings is 8. The Morgan fingerprint density at radius 1 is 0.352 bits per heavy atom. The van der Waals surface area contributed by atoms with Gasteiger partial charge in [-0.1, -0.05) is 201 Å². The van der Waals surface area contributed by atoms with Crippen LogP contribution in [0.25, 0.3) is 45.0 Å². The van der Waals surface area contributed by atoms with Crippen LogP contribution in [0.1, 0.15) is 118 Å². The summed E-state index contributed by atoms with van der Waals surface area (Å²) in [5.41, 5.74) is 24.0. The van der Waals surface area contributed by atoms with Gasteiger partial charge in [0.1, 0.15) is 11.6 Å². The largest absolute Gasteiger partial charge is 0.508 e. The van der Waals surface area contributed by atoms with Gasteiger partial charge in [0.05, 0.1) is 94.0 Å². The van der Waals surface area contributed by atoms with Crippen LogP contribution >= 0.6 is 27.5 Å². The van der Waals surface area contributed by atoms with E-state index in [1.165, 1.54) is 34.4 Å². The number of aromatic nitrogens is 8. The monoisotopic (exact) mass is 1520 g/mol. The Balaban J connectivity index is 0.000000127. The second-order valence-corrected chi connectivity index (χ2v) is 28.1. The molecular weight excluding hydrogens is 1440 g/mol. The molecule has 8 aromatic carbocycles. The fourth-order valence-corrected chi connectivity index (χ4v) is 14.1. The number of hydrogen-bond donors (Lipinski definition) is 5. The summed E-state index contributed by atoms with van der Waals surface area (Å²) in [5, 5.41) is 21.8. The van der Waals surface area contributed by atoms with Crippen molar-refractivity contribution in [2.75, 3.05) is 21.3 Å². The summed E-state index contributed by atoms with van der Waals surface area (Å²) in [7, 11) is 0. The van der Waals surface area contributed by atoms with E-state index in [0.717, 1.165) is 175 Å². The predicted molar refractivity (Wildman–Crippen MR) is 426 cm³/mol. The van der Waals surface area contributed by atoms with E-state index < -0.39 is 0 Å². The molecule has 4 aromatic heterocycles. The first kappa shape index (κ1) is 74.7. The first-order valence-corrected chi connectivity index (χ1v) is 37.9. The number of carbonyl (C=O) groups excluding carboxylic acids is 4. The molecule has 0 fully saturated rings. The van der Waals surface area contributed by atoms with Gasteiger partial charge in [0.25, 0.3) is 0 Å². The van der Waals surface area contributed by atoms with Gasteiger partial charge in [0.15, 0.2) is 23.3 Å². The average Bonchev–Trinajstić information content (AvgIpc) is 0.794. The number of nitrogens with one attached hydrogen (secondary N) is 4. The quantitative estimate of drug-likeness (QED) is 0.0606. The van der Waals surface area contributed by atoms with E-state index in [1.807, 2.05) is 94.4 Å². The van der Waals surface area contributed by atoms with Crippen molar-refractivity contribution in [2.24, 2.45) is 0 Å². The van der Waals surface area contributed by atoms with Gasteiger partial charge in [-0.25, -0.2) is 44.3 Å². The highest BCUT2D eigenvalue weighted by atomic mass is 79.9. The molecule has 4 heterocycles. The van der Waals surface area contributed by atoms with Gasteiger partial charge in [0, 0.05) is 31.7 Å². The molecule has 0 aliphatic heterocycles. The molecule has 0 unspecified atom stereocenters. The van der Waals surface area contributed by atoms with Gasteiger partial charge in [-0.2, -0.15) is 0 Å². The van der Waals surface area contributed by atoms with Crippen molar-refractivity contribution in [3.63, 3.8) is 0 Å². The lowest BCUT2D eigenvalue weighted by Gasteiger charge is -2.20. The van der Waals surface area contributed by atoms with Crippen molar-refractivity contribution in [1.29, 1.82) is 0 Å². The Morgan fingerprint density at radius 3 is 0.880 bits per heavy atom. The van der Waals surface area contributed by atoms with E-state index in [2.05, 4.69) is 104 Å². The summed E-state index contributed by atoms with van der Waals surface area (Å²) in [5.74, 6) is 1.65. The Bertz CT molecular complexity index is 4660. The molecule has 0 saturated heterocycles. The smallest absolute Gasteiger partial charge is 0.229 e. The summed E-state index contributed by atoms with van der Waals surface area (Å²) in [6.45, 7) is 8.08. The molecule has 0 bridgehead atoms. The third-order valence-corrected chi connectivity index (χ3v) is 20.1. The summed E-state index contributed by atoms with van der Waals surface area (Å²) < 4.78 is 14.0. The minimum absolute atomic E-state index is 0.0718. The SMILES string of the molecule is CCc1nc2c(nc1NC(=O)Cc1ccc(Br)cc1)CCc1ccccc1-2.CCc1nc2c(nc1NC(=O)Cc1ccc(Cl)cc1)CCc1ccccc1-2.CCc1nc2c(nc1NC(=O)Cc1ccc(F)cc1)CCc1ccccc1-2.CCc1nc2c(nc1NC(=O)Cc1ccc(O)cc1)CCc1ccccc1-2. The Kier molecular flexibility index (Phi) is 24.1. The zero-order chi connectivity index (χ0) is 75.2. The number of aromatic hydroxyl groups is 1. The Morgan fingerprint density at radius 2 is 0.602 bits per heavy atom. The number of halogens is 3. The van der Waals surface area contributed by atoms with Crippen molar-refractivity contribution in [1.82, 2.24) is 39.9 Å². The number of phenolic OH excluding ortho intramolecular Hbond substituents is 1. The third-order valence-electron chi connectivity index (χ3n) is 19.3. The van der Waals surface area contributed by atoms with Crippen molar-refractivity contribution >= 4 is 74.4 Å². The molecular formula is C88H81BrClFN12O5. The molecule has 17 nitrogen and oxygen atoms in total. The number of hydrogen-bond acceptors (Lipinski definition) is 13. The molecule has 0 radical (unpaired) electrons. The van der Waals surface area contributed by atoms with E-state index in [4.69, 9.17) is 51.5 Å². The minimum atomic E-state index is -0.312. The molecule has 0 spiro atoms. The highest BCUT2D eigenvalue weighted by Crippen LogP contribution is 2.37. The second kappa shape index (κ2) is 34.8. The van der Waals surface area contributed by atoms with Crippen molar-refractivity contribution in [2.45, 2.75) is 130 Å². The van der Waals surface area contributed by atoms with Crippen LogP contribution in [0, 0.1) is 5.82 Å². The first-order valence-electron chi connectivity index (χ1n) is 36.7. The molecule has 5 N–H and O–H groups in total. The van der Waals surface area contributed by atoms with E-state index in [0.29, 0.717) is 54.0 Å². The zero-order valence-corrected chi connectivity index (χ0v) is 62.9. The van der Waals surface area contributed by atoms with Gasteiger partial charge in [-0.05, 0) is 170 Å². The lowest BCUT2D eigenvalue weighted by molar-refractivity contribution is -0.116. The highest BCUT2D eigenvalue weighted by Gasteiger charge is 2.27. The topological polar surface area (TPSA) is 240 Å². The zero-order valence-electron chi connectivity index (χ0n) is 60.6. The predicted octanol–water partition coefficient (Wildman–Crippen LogP) is 17.2. The molecule has 4 amide bonds. The van der Waals surface area contributed by atoms with E-state index in [-0.39, 0.29) is 54.5 Å². The van der Waals surface area contributed by atoms with Crippen LogP contribution in [0.5, 0.6) is 5.75 Å². The maximum atomic E-state index is 13.0. The number of anilines is 4. The minimum Gasteiger partial charge on any atom is -0.508 e. The average molecular weight is 1520 g/mol. The van der Waals surface area contributed by atoms with Crippen LogP contribution in [0.2, 0.25) is 5.02 Å². The summed E-state index contributed by atoms with van der Waals surface area (Å²) in [6, 6.07) is 60.9. The normalized spacial score (nSPS) is 12.2. The Hall–Kier alpha value is -11.5. The van der Waals surface area contributed by atoms with E-state index >= 15 is 0 Å². The standard InChI is InChI=1S/C22H20BrN3O.C22H20ClN3O.C22H20FN3O.C22H21N3O2/c3*1-2-18-22(26-20(27)13-14-7-10-16(23)11-8-14)25-19-12-9-15-5-3-4-6-17(15)21(19)24-18;1-2-18-22(25-20(27)13-14-7-10-16(26)11-8-14)24-19-12-9-15-5-3-4-6-17(15)21(19)23-18/h3*3-8,10-11H,2,9,12-13H2,1H3,(H,25,26,27);3-8,10-11,26H,2,9,12-13H2,1H3,(H,24,25,27). The summed E-state index contributed by atoms with van der Waals surface area (Å²) in [6.07, 6.45) is 10.9. The molecule has 544 valence electrons. The lowest BCUT2D eigenvalue weighted by Crippen LogP contribution is -2.19. The summed E-state index contributed by atoms with van der Waals surface area (Å²) >= 11 is 9.31. The van der Waals surface area contributed by atoms with Crippen LogP contribution in [0.4, 0.5) is 27.7 Å². The number of rotatable bonds is 16. The van der Waals surface area contributed by atoms with Gasteiger partial charge in [-0.15, -0.1) is 0 Å². The van der Waals surface area contributed by atoms with Crippen LogP contribution in [0.3, 0.4) is 0 Å². The van der Waals surface area contributed by atoms with Crippen molar-refractivity contribution in [3.8, 4) is 50.8 Å². The fourth-order valence-electron chi connectivity index (χ4n) is 13.7. The number of amides is 4. The molecule has 4 aliphatic rings. The van der Waals surface area contributed by atoms with Crippen molar-refractivity contribution < 1.29 is 28.7 Å². The molecule has 0 saturated carbocycles. The molecule has 4 aliphatic carbocycles. The maximum Gasteiger partial charge on any atom is 0.229 e. The van der Waals surface area contributed by atoms with Gasteiger partial charge < -0.3 is 26.4 Å². The molecule has 12 aromatic rings. The van der Waals surface area contributed by atoms with Crippen molar-refractivity contribution in [3.05, 3.63) is 299 Å². The molecule has 16 rings (SSSR count). The Labute approximate surface area is 641 Å². The first-order chi connectivity index (χ1) is 52.5. The van der Waals surface area contributed by atoms with E-state index in [1.54, 1.807) is 48.5 Å². The molecule has 0 atom stereocenters. The number of nitrogens with zero attached hydrogens (tertiary/aromatic N) is 8. The summed E-state index contributed by atoms with van der Waals surface area (Å²) in [4.78, 5) is 88.3. The number of fused-ring (bicyclic) bond motifs is 12. The third kappa shape index (κ3) is 18.3. The number of phenols is 1. The van der Waals surface area contributed by atoms with Crippen LogP contribution in [0.15, 0.2) is 199 Å². The van der Waals surface area contributed by atoms with E-state index in [9.17, 15) is 28.7 Å². The molecule has 20 heteroatoms. The van der Waals surface area contributed by atoms with Crippen LogP contribution < -0.4 is 21.3 Å². The highest BCUT2D eigenvalue weighted by molar-refractivity contribution is 9.10. The molecule has 108 heavy (non-hydrogen) atoms. The number of carbonyl (C=O) groups is 4. The number of aryl methyl sites for hydroxylation is 12. The second-order valence-electron chi connectivity index (χ2n) is 26.7. The van der Waals surface area contributed by atoms with Gasteiger partial charge in [-0.3, -0.25) is 19.2 Å². The maximum absolute atomic E-state index is 13.0.